The van der Waals surface area contributed by atoms with Crippen molar-refractivity contribution < 1.29 is 27.9 Å². The van der Waals surface area contributed by atoms with E-state index < -0.39 is 35.7 Å². The molecule has 0 bridgehead atoms. The molecule has 1 aliphatic carbocycles. The molecule has 29 heavy (non-hydrogen) atoms. The van der Waals surface area contributed by atoms with Crippen LogP contribution in [-0.4, -0.2) is 30.4 Å². The average molecular weight is 402 g/mol. The summed E-state index contributed by atoms with van der Waals surface area (Å²) >= 11 is 0. The predicted octanol–water partition coefficient (Wildman–Crippen LogP) is 3.43. The van der Waals surface area contributed by atoms with Gasteiger partial charge in [0.25, 0.3) is 11.8 Å². The molecule has 0 unspecified atom stereocenters. The van der Waals surface area contributed by atoms with Crippen molar-refractivity contribution in [3.05, 3.63) is 65.2 Å². The number of anilines is 1. The Labute approximate surface area is 166 Å². The molecule has 152 valence electrons. The number of rotatable bonds is 6. The summed E-state index contributed by atoms with van der Waals surface area (Å²) in [6.45, 7) is -0.759. The van der Waals surface area contributed by atoms with Crippen LogP contribution < -0.4 is 10.6 Å². The van der Waals surface area contributed by atoms with Crippen molar-refractivity contribution >= 4 is 23.5 Å². The highest BCUT2D eigenvalue weighted by molar-refractivity contribution is 6.04. The molecule has 3 rings (SSSR count). The zero-order valence-electron chi connectivity index (χ0n) is 15.5. The lowest BCUT2D eigenvalue weighted by Gasteiger charge is -2.15. The number of hydrogen-bond acceptors (Lipinski definition) is 4. The van der Waals surface area contributed by atoms with Crippen molar-refractivity contribution in [2.45, 2.75) is 31.7 Å². The Balaban J connectivity index is 1.61. The number of nitrogens with one attached hydrogen (secondary N) is 2. The highest BCUT2D eigenvalue weighted by Crippen LogP contribution is 2.20. The second-order valence-electron chi connectivity index (χ2n) is 6.72. The molecule has 2 aromatic carbocycles. The molecule has 0 atom stereocenters. The third kappa shape index (κ3) is 5.16. The highest BCUT2D eigenvalue weighted by atomic mass is 19.1. The van der Waals surface area contributed by atoms with Crippen LogP contribution in [0.15, 0.2) is 42.5 Å². The first-order valence-electron chi connectivity index (χ1n) is 9.26. The second-order valence-corrected chi connectivity index (χ2v) is 6.72. The fourth-order valence-electron chi connectivity index (χ4n) is 3.21. The minimum atomic E-state index is -1.29. The summed E-state index contributed by atoms with van der Waals surface area (Å²) in [6.07, 6.45) is 3.97. The molecule has 8 heteroatoms. The normalized spacial score (nSPS) is 13.7. The first-order chi connectivity index (χ1) is 14.0. The van der Waals surface area contributed by atoms with Crippen LogP contribution in [0.1, 0.15) is 46.4 Å². The van der Waals surface area contributed by atoms with Gasteiger partial charge in [-0.15, -0.1) is 0 Å². The number of hydrogen-bond donors (Lipinski definition) is 2. The molecule has 0 aliphatic heterocycles. The van der Waals surface area contributed by atoms with Gasteiger partial charge in [-0.2, -0.15) is 0 Å². The number of amides is 2. The van der Waals surface area contributed by atoms with Crippen molar-refractivity contribution in [1.29, 1.82) is 0 Å². The SMILES string of the molecule is O=C(COC(=O)c1c(F)cccc1F)Nc1ccccc1C(=O)NC1CCCC1. The van der Waals surface area contributed by atoms with Gasteiger partial charge in [-0.25, -0.2) is 13.6 Å². The molecule has 2 N–H and O–H groups in total. The molecular weight excluding hydrogens is 382 g/mol. The number of halogens is 2. The van der Waals surface area contributed by atoms with E-state index in [0.717, 1.165) is 43.9 Å². The minimum Gasteiger partial charge on any atom is -0.452 e. The Hall–Kier alpha value is -3.29. The van der Waals surface area contributed by atoms with Crippen LogP contribution in [0.3, 0.4) is 0 Å². The van der Waals surface area contributed by atoms with Gasteiger partial charge < -0.3 is 15.4 Å². The van der Waals surface area contributed by atoms with Crippen LogP contribution in [0, 0.1) is 11.6 Å². The van der Waals surface area contributed by atoms with Crippen LogP contribution in [0.5, 0.6) is 0 Å². The first-order valence-corrected chi connectivity index (χ1v) is 9.26. The Morgan fingerprint density at radius 1 is 0.966 bits per heavy atom. The number of para-hydroxylation sites is 1. The quantitative estimate of drug-likeness (QED) is 0.725. The predicted molar refractivity (Wildman–Crippen MR) is 101 cm³/mol. The molecular formula is C21H20F2N2O4. The molecule has 0 saturated heterocycles. The van der Waals surface area contributed by atoms with Crippen LogP contribution in [0.2, 0.25) is 0 Å². The third-order valence-electron chi connectivity index (χ3n) is 4.64. The number of benzene rings is 2. The van der Waals surface area contributed by atoms with Crippen molar-refractivity contribution in [3.63, 3.8) is 0 Å². The van der Waals surface area contributed by atoms with Gasteiger partial charge in [-0.05, 0) is 37.1 Å². The summed E-state index contributed by atoms with van der Waals surface area (Å²) < 4.78 is 31.9. The molecule has 1 fully saturated rings. The fraction of sp³-hybridized carbons (Fsp3) is 0.286. The number of ether oxygens (including phenoxy) is 1. The standard InChI is InChI=1S/C21H20F2N2O4/c22-15-9-5-10-16(23)19(15)21(28)29-12-18(26)25-17-11-4-3-8-14(17)20(27)24-13-6-1-2-7-13/h3-5,8-11,13H,1-2,6-7,12H2,(H,24,27)(H,25,26). The molecule has 1 saturated carbocycles. The number of esters is 1. The van der Waals surface area contributed by atoms with Gasteiger partial charge in [0.2, 0.25) is 0 Å². The Morgan fingerprint density at radius 3 is 2.31 bits per heavy atom. The summed E-state index contributed by atoms with van der Waals surface area (Å²) in [5.74, 6) is -4.49. The Kier molecular flexibility index (Phi) is 6.54. The summed E-state index contributed by atoms with van der Waals surface area (Å²) in [5.41, 5.74) is -0.336. The molecule has 0 aromatic heterocycles. The van der Waals surface area contributed by atoms with Gasteiger partial charge in [0.15, 0.2) is 6.61 Å². The number of carbonyl (C=O) groups is 3. The van der Waals surface area contributed by atoms with Gasteiger partial charge in [0.05, 0.1) is 11.3 Å². The highest BCUT2D eigenvalue weighted by Gasteiger charge is 2.22. The summed E-state index contributed by atoms with van der Waals surface area (Å²) in [5, 5.41) is 5.42. The van der Waals surface area contributed by atoms with Gasteiger partial charge in [0.1, 0.15) is 17.2 Å². The Bertz CT molecular complexity index is 906. The smallest absolute Gasteiger partial charge is 0.344 e. The lowest BCUT2D eigenvalue weighted by atomic mass is 10.1. The maximum absolute atomic E-state index is 13.6. The summed E-state index contributed by atoms with van der Waals surface area (Å²) in [4.78, 5) is 36.5. The summed E-state index contributed by atoms with van der Waals surface area (Å²) in [7, 11) is 0. The zero-order chi connectivity index (χ0) is 20.8. The second kappa shape index (κ2) is 9.27. The van der Waals surface area contributed by atoms with E-state index in [2.05, 4.69) is 10.6 Å². The van der Waals surface area contributed by atoms with Crippen LogP contribution in [0.25, 0.3) is 0 Å². The third-order valence-corrected chi connectivity index (χ3v) is 4.64. The van der Waals surface area contributed by atoms with E-state index in [4.69, 9.17) is 4.74 Å². The van der Waals surface area contributed by atoms with Gasteiger partial charge in [-0.1, -0.05) is 31.0 Å². The van der Waals surface area contributed by atoms with Crippen LogP contribution in [0.4, 0.5) is 14.5 Å². The first kappa shape index (κ1) is 20.4. The number of carbonyl (C=O) groups excluding carboxylic acids is 3. The van der Waals surface area contributed by atoms with E-state index in [1.165, 1.54) is 0 Å². The largest absolute Gasteiger partial charge is 0.452 e. The molecule has 2 aromatic rings. The van der Waals surface area contributed by atoms with E-state index in [-0.39, 0.29) is 23.2 Å². The summed E-state index contributed by atoms with van der Waals surface area (Å²) in [6, 6.07) is 9.48. The maximum atomic E-state index is 13.6. The van der Waals surface area contributed by atoms with Crippen molar-refractivity contribution in [2.75, 3.05) is 11.9 Å². The van der Waals surface area contributed by atoms with Gasteiger partial charge >= 0.3 is 5.97 Å². The van der Waals surface area contributed by atoms with Crippen molar-refractivity contribution in [3.8, 4) is 0 Å². The molecule has 6 nitrogen and oxygen atoms in total. The van der Waals surface area contributed by atoms with Crippen molar-refractivity contribution in [1.82, 2.24) is 5.32 Å². The molecule has 0 spiro atoms. The Morgan fingerprint density at radius 2 is 1.62 bits per heavy atom. The van der Waals surface area contributed by atoms with E-state index in [1.807, 2.05) is 0 Å². The van der Waals surface area contributed by atoms with Gasteiger partial charge in [0, 0.05) is 6.04 Å². The molecule has 0 radical (unpaired) electrons. The van der Waals surface area contributed by atoms with E-state index in [0.29, 0.717) is 0 Å². The molecule has 0 heterocycles. The van der Waals surface area contributed by atoms with E-state index in [1.54, 1.807) is 24.3 Å². The van der Waals surface area contributed by atoms with Gasteiger partial charge in [-0.3, -0.25) is 9.59 Å². The van der Waals surface area contributed by atoms with E-state index >= 15 is 0 Å². The molecule has 1 aliphatic rings. The maximum Gasteiger partial charge on any atom is 0.344 e. The monoisotopic (exact) mass is 402 g/mol. The molecule has 2 amide bonds. The van der Waals surface area contributed by atoms with Crippen molar-refractivity contribution in [2.24, 2.45) is 0 Å². The topological polar surface area (TPSA) is 84.5 Å². The van der Waals surface area contributed by atoms with E-state index in [9.17, 15) is 23.2 Å². The lowest BCUT2D eigenvalue weighted by Crippen LogP contribution is -2.33. The fourth-order valence-corrected chi connectivity index (χ4v) is 3.21. The zero-order valence-corrected chi connectivity index (χ0v) is 15.5. The minimum absolute atomic E-state index is 0.114. The average Bonchev–Trinajstić information content (AvgIpc) is 3.19. The van der Waals surface area contributed by atoms with Crippen LogP contribution >= 0.6 is 0 Å². The lowest BCUT2D eigenvalue weighted by molar-refractivity contribution is -0.119. The van der Waals surface area contributed by atoms with Crippen LogP contribution in [-0.2, 0) is 9.53 Å².